The van der Waals surface area contributed by atoms with E-state index in [-0.39, 0.29) is 11.8 Å². The summed E-state index contributed by atoms with van der Waals surface area (Å²) in [4.78, 5) is 17.1. The van der Waals surface area contributed by atoms with Crippen molar-refractivity contribution >= 4 is 22.4 Å². The molecule has 7 heteroatoms. The van der Waals surface area contributed by atoms with Crippen LogP contribution in [0.15, 0.2) is 35.8 Å². The zero-order valence-corrected chi connectivity index (χ0v) is 14.1. The van der Waals surface area contributed by atoms with E-state index in [0.717, 1.165) is 41.8 Å². The first kappa shape index (κ1) is 15.5. The predicted octanol–water partition coefficient (Wildman–Crippen LogP) is 3.46. The van der Waals surface area contributed by atoms with Gasteiger partial charge in [-0.3, -0.25) is 9.89 Å². The molecule has 0 fully saturated rings. The minimum absolute atomic E-state index is 0.0472. The Labute approximate surface area is 148 Å². The summed E-state index contributed by atoms with van der Waals surface area (Å²) in [7, 11) is 0. The Bertz CT molecular complexity index is 968. The summed E-state index contributed by atoms with van der Waals surface area (Å²) in [6.07, 6.45) is 4.48. The number of carbonyl (C=O) groups is 1. The lowest BCUT2D eigenvalue weighted by molar-refractivity contribution is -0.117. The van der Waals surface area contributed by atoms with Gasteiger partial charge >= 0.3 is 0 Å². The summed E-state index contributed by atoms with van der Waals surface area (Å²) in [5, 5.41) is 21.4. The summed E-state index contributed by atoms with van der Waals surface area (Å²) in [5.41, 5.74) is 4.25. The fourth-order valence-corrected chi connectivity index (χ4v) is 3.86. The normalized spacial score (nSPS) is 16.0. The van der Waals surface area contributed by atoms with Crippen molar-refractivity contribution in [3.8, 4) is 17.3 Å². The maximum Gasteiger partial charge on any atom is 0.233 e. The number of amides is 1. The van der Waals surface area contributed by atoms with Crippen LogP contribution in [0.5, 0.6) is 0 Å². The van der Waals surface area contributed by atoms with Gasteiger partial charge in [0.1, 0.15) is 0 Å². The molecule has 2 heterocycles. The number of nitrogens with one attached hydrogen (secondary N) is 2. The molecule has 0 spiro atoms. The van der Waals surface area contributed by atoms with Crippen LogP contribution in [0.3, 0.4) is 0 Å². The van der Waals surface area contributed by atoms with Crippen LogP contribution < -0.4 is 5.32 Å². The zero-order chi connectivity index (χ0) is 17.2. The number of benzene rings is 1. The molecule has 0 radical (unpaired) electrons. The van der Waals surface area contributed by atoms with Crippen molar-refractivity contribution in [1.82, 2.24) is 15.2 Å². The fraction of sp³-hybridized carbons (Fsp3) is 0.222. The van der Waals surface area contributed by atoms with Crippen LogP contribution in [0.4, 0.5) is 5.13 Å². The Morgan fingerprint density at radius 2 is 2.36 bits per heavy atom. The molecule has 124 valence electrons. The zero-order valence-electron chi connectivity index (χ0n) is 13.3. The highest BCUT2D eigenvalue weighted by Gasteiger charge is 2.28. The quantitative estimate of drug-likeness (QED) is 0.757. The second-order valence-corrected chi connectivity index (χ2v) is 6.83. The first-order valence-corrected chi connectivity index (χ1v) is 8.91. The van der Waals surface area contributed by atoms with Gasteiger partial charge in [-0.15, -0.1) is 11.3 Å². The number of nitriles is 1. The van der Waals surface area contributed by atoms with Gasteiger partial charge in [0.15, 0.2) is 5.13 Å². The van der Waals surface area contributed by atoms with E-state index in [1.54, 1.807) is 18.3 Å². The lowest BCUT2D eigenvalue weighted by Gasteiger charge is -2.20. The summed E-state index contributed by atoms with van der Waals surface area (Å²) < 4.78 is 0. The van der Waals surface area contributed by atoms with Crippen LogP contribution in [0.1, 0.15) is 35.6 Å². The third kappa shape index (κ3) is 3.04. The SMILES string of the molecule is N#Cc1cccc(-c2csc(NC(=O)[C@H]3CCCc4[nH]ncc43)n2)c1. The number of hydrogen-bond acceptors (Lipinski definition) is 5. The van der Waals surface area contributed by atoms with Gasteiger partial charge in [-0.2, -0.15) is 10.4 Å². The Balaban J connectivity index is 1.52. The van der Waals surface area contributed by atoms with Crippen LogP contribution in [0, 0.1) is 11.3 Å². The highest BCUT2D eigenvalue weighted by molar-refractivity contribution is 7.14. The number of aryl methyl sites for hydroxylation is 1. The Hall–Kier alpha value is -2.98. The summed E-state index contributed by atoms with van der Waals surface area (Å²) in [6, 6.07) is 9.40. The van der Waals surface area contributed by atoms with Crippen molar-refractivity contribution in [2.75, 3.05) is 5.32 Å². The van der Waals surface area contributed by atoms with Crippen LogP contribution in [-0.2, 0) is 11.2 Å². The number of nitrogens with zero attached hydrogens (tertiary/aromatic N) is 3. The molecule has 4 rings (SSSR count). The number of hydrogen-bond donors (Lipinski definition) is 2. The highest BCUT2D eigenvalue weighted by Crippen LogP contribution is 2.32. The predicted molar refractivity (Wildman–Crippen MR) is 95.2 cm³/mol. The monoisotopic (exact) mass is 349 g/mol. The molecule has 1 aliphatic carbocycles. The second-order valence-electron chi connectivity index (χ2n) is 5.97. The number of aromatic amines is 1. The molecule has 2 N–H and O–H groups in total. The average molecular weight is 349 g/mol. The first-order valence-electron chi connectivity index (χ1n) is 8.03. The van der Waals surface area contributed by atoms with Crippen LogP contribution in [0.2, 0.25) is 0 Å². The van der Waals surface area contributed by atoms with Crippen molar-refractivity contribution in [2.24, 2.45) is 0 Å². The van der Waals surface area contributed by atoms with E-state index >= 15 is 0 Å². The molecule has 1 aromatic carbocycles. The van der Waals surface area contributed by atoms with Crippen LogP contribution in [-0.4, -0.2) is 21.1 Å². The van der Waals surface area contributed by atoms with E-state index in [1.807, 2.05) is 17.5 Å². The number of aromatic nitrogens is 3. The lowest BCUT2D eigenvalue weighted by Crippen LogP contribution is -2.24. The van der Waals surface area contributed by atoms with E-state index in [4.69, 9.17) is 5.26 Å². The molecule has 0 aliphatic heterocycles. The molecular formula is C18H15N5OS. The summed E-state index contributed by atoms with van der Waals surface area (Å²) in [5.74, 6) is -0.231. The molecule has 1 amide bonds. The van der Waals surface area contributed by atoms with E-state index < -0.39 is 0 Å². The van der Waals surface area contributed by atoms with Gasteiger partial charge in [-0.05, 0) is 31.4 Å². The van der Waals surface area contributed by atoms with Crippen molar-refractivity contribution < 1.29 is 4.79 Å². The second kappa shape index (κ2) is 6.49. The van der Waals surface area contributed by atoms with Crippen LogP contribution in [0.25, 0.3) is 11.3 Å². The molecule has 3 aromatic rings. The third-order valence-electron chi connectivity index (χ3n) is 4.38. The summed E-state index contributed by atoms with van der Waals surface area (Å²) in [6.45, 7) is 0. The van der Waals surface area contributed by atoms with E-state index in [1.165, 1.54) is 11.3 Å². The number of carbonyl (C=O) groups excluding carboxylic acids is 1. The smallest absolute Gasteiger partial charge is 0.233 e. The minimum atomic E-state index is -0.184. The maximum atomic E-state index is 12.6. The molecular weight excluding hydrogens is 334 g/mol. The highest BCUT2D eigenvalue weighted by atomic mass is 32.1. The Morgan fingerprint density at radius 1 is 1.44 bits per heavy atom. The van der Waals surface area contributed by atoms with Crippen molar-refractivity contribution in [3.63, 3.8) is 0 Å². The number of H-pyrrole nitrogens is 1. The average Bonchev–Trinajstić information content (AvgIpc) is 3.30. The Kier molecular flexibility index (Phi) is 4.04. The number of thiazole rings is 1. The molecule has 0 unspecified atom stereocenters. The molecule has 0 saturated heterocycles. The van der Waals surface area contributed by atoms with Crippen molar-refractivity contribution in [1.29, 1.82) is 5.26 Å². The first-order chi connectivity index (χ1) is 12.2. The molecule has 0 saturated carbocycles. The molecule has 2 aromatic heterocycles. The van der Waals surface area contributed by atoms with Gasteiger partial charge in [-0.1, -0.05) is 12.1 Å². The molecule has 0 bridgehead atoms. The lowest BCUT2D eigenvalue weighted by atomic mass is 9.86. The number of rotatable bonds is 3. The topological polar surface area (TPSA) is 94.5 Å². The largest absolute Gasteiger partial charge is 0.301 e. The molecule has 6 nitrogen and oxygen atoms in total. The minimum Gasteiger partial charge on any atom is -0.301 e. The van der Waals surface area contributed by atoms with E-state index in [2.05, 4.69) is 26.6 Å². The van der Waals surface area contributed by atoms with Gasteiger partial charge in [0.25, 0.3) is 0 Å². The maximum absolute atomic E-state index is 12.6. The van der Waals surface area contributed by atoms with Crippen LogP contribution >= 0.6 is 11.3 Å². The van der Waals surface area contributed by atoms with Crippen molar-refractivity contribution in [3.05, 3.63) is 52.7 Å². The standard InChI is InChI=1S/C18H15N5OS/c19-8-11-3-1-4-12(7-11)16-10-25-18(21-16)22-17(24)13-5-2-6-15-14(13)9-20-23-15/h1,3-4,7,9-10,13H,2,5-6H2,(H,20,23)(H,21,22,24)/t13-/m0/s1. The number of anilines is 1. The van der Waals surface area contributed by atoms with Gasteiger partial charge in [-0.25, -0.2) is 4.98 Å². The molecule has 1 aliphatic rings. The molecule has 1 atom stereocenters. The van der Waals surface area contributed by atoms with Gasteiger partial charge in [0.05, 0.1) is 29.4 Å². The van der Waals surface area contributed by atoms with E-state index in [0.29, 0.717) is 10.7 Å². The Morgan fingerprint density at radius 3 is 3.24 bits per heavy atom. The van der Waals surface area contributed by atoms with Crippen molar-refractivity contribution in [2.45, 2.75) is 25.2 Å². The van der Waals surface area contributed by atoms with Gasteiger partial charge in [0.2, 0.25) is 5.91 Å². The number of fused-ring (bicyclic) bond motifs is 1. The third-order valence-corrected chi connectivity index (χ3v) is 5.14. The van der Waals surface area contributed by atoms with Gasteiger partial charge in [0, 0.05) is 22.2 Å². The van der Waals surface area contributed by atoms with E-state index in [9.17, 15) is 4.79 Å². The van der Waals surface area contributed by atoms with Gasteiger partial charge < -0.3 is 5.32 Å². The molecule has 25 heavy (non-hydrogen) atoms. The fourth-order valence-electron chi connectivity index (χ4n) is 3.14. The summed E-state index contributed by atoms with van der Waals surface area (Å²) >= 11 is 1.38.